The molecule has 3 nitrogen and oxygen atoms in total. The maximum Gasteiger partial charge on any atom is 0.253 e. The Balaban J connectivity index is 2.28. The third-order valence-electron chi connectivity index (χ3n) is 2.89. The Hall–Kier alpha value is -1.98. The highest BCUT2D eigenvalue weighted by Gasteiger charge is 2.20. The molecule has 108 valence electrons. The molecule has 0 aliphatic heterocycles. The van der Waals surface area contributed by atoms with Gasteiger partial charge in [0, 0.05) is 0 Å². The number of benzene rings is 2. The van der Waals surface area contributed by atoms with Crippen LogP contribution in [0.2, 0.25) is 5.02 Å². The highest BCUT2D eigenvalue weighted by Crippen LogP contribution is 2.21. The van der Waals surface area contributed by atoms with Crippen molar-refractivity contribution in [1.29, 1.82) is 0 Å². The van der Waals surface area contributed by atoms with Gasteiger partial charge in [-0.05, 0) is 17.7 Å². The Morgan fingerprint density at radius 2 is 1.86 bits per heavy atom. The molecule has 0 aliphatic rings. The van der Waals surface area contributed by atoms with Crippen molar-refractivity contribution in [3.05, 3.63) is 70.5 Å². The maximum atomic E-state index is 13.4. The van der Waals surface area contributed by atoms with Crippen LogP contribution < -0.4 is 11.1 Å². The van der Waals surface area contributed by atoms with Gasteiger partial charge in [0.15, 0.2) is 0 Å². The second kappa shape index (κ2) is 6.65. The van der Waals surface area contributed by atoms with Crippen LogP contribution in [-0.4, -0.2) is 10.9 Å². The predicted octanol–water partition coefficient (Wildman–Crippen LogP) is 3.24. The van der Waals surface area contributed by atoms with Gasteiger partial charge in [0.05, 0.1) is 10.6 Å². The summed E-state index contributed by atoms with van der Waals surface area (Å²) in [6.45, 7) is 0. The Morgan fingerprint density at radius 3 is 2.48 bits per heavy atom. The molecule has 1 atom stereocenters. The van der Waals surface area contributed by atoms with Crippen molar-refractivity contribution in [3.63, 3.8) is 0 Å². The van der Waals surface area contributed by atoms with Gasteiger partial charge in [0.1, 0.15) is 16.8 Å². The minimum absolute atomic E-state index is 0.0360. The van der Waals surface area contributed by atoms with Crippen LogP contribution in [0.4, 0.5) is 4.39 Å². The molecule has 0 bridgehead atoms. The lowest BCUT2D eigenvalue weighted by molar-refractivity contribution is 0.0946. The molecule has 2 rings (SSSR count). The van der Waals surface area contributed by atoms with E-state index in [1.807, 2.05) is 18.2 Å². The van der Waals surface area contributed by atoms with Gasteiger partial charge < -0.3 is 11.1 Å². The zero-order valence-corrected chi connectivity index (χ0v) is 12.4. The summed E-state index contributed by atoms with van der Waals surface area (Å²) < 4.78 is 13.4. The zero-order valence-electron chi connectivity index (χ0n) is 10.8. The molecular weight excluding hydrogens is 311 g/mol. The normalized spacial score (nSPS) is 11.7. The van der Waals surface area contributed by atoms with E-state index in [4.69, 9.17) is 29.6 Å². The lowest BCUT2D eigenvalue weighted by Gasteiger charge is -2.18. The quantitative estimate of drug-likeness (QED) is 0.850. The van der Waals surface area contributed by atoms with E-state index in [1.165, 1.54) is 18.2 Å². The Kier molecular flexibility index (Phi) is 4.88. The SMILES string of the molecule is NC(=S)C(NC(=O)c1cccc(F)c1Cl)c1ccccc1. The molecule has 6 heteroatoms. The first-order valence-corrected chi connectivity index (χ1v) is 6.88. The van der Waals surface area contributed by atoms with Crippen molar-refractivity contribution >= 4 is 34.7 Å². The first-order valence-electron chi connectivity index (χ1n) is 6.10. The average molecular weight is 323 g/mol. The second-order valence-electron chi connectivity index (χ2n) is 4.32. The largest absolute Gasteiger partial charge is 0.391 e. The lowest BCUT2D eigenvalue weighted by atomic mass is 10.1. The zero-order chi connectivity index (χ0) is 15.4. The Morgan fingerprint density at radius 1 is 1.19 bits per heavy atom. The monoisotopic (exact) mass is 322 g/mol. The van der Waals surface area contributed by atoms with E-state index in [9.17, 15) is 9.18 Å². The summed E-state index contributed by atoms with van der Waals surface area (Å²) in [5, 5.41) is 2.43. The van der Waals surface area contributed by atoms with Gasteiger partial charge in [0.2, 0.25) is 0 Å². The van der Waals surface area contributed by atoms with Crippen molar-refractivity contribution in [2.75, 3.05) is 0 Å². The van der Waals surface area contributed by atoms with Gasteiger partial charge >= 0.3 is 0 Å². The maximum absolute atomic E-state index is 13.4. The van der Waals surface area contributed by atoms with E-state index in [0.717, 1.165) is 5.56 Å². The van der Waals surface area contributed by atoms with Crippen LogP contribution in [0.15, 0.2) is 48.5 Å². The van der Waals surface area contributed by atoms with Gasteiger partial charge in [-0.1, -0.05) is 60.2 Å². The molecule has 0 heterocycles. The number of carbonyl (C=O) groups excluding carboxylic acids is 1. The van der Waals surface area contributed by atoms with Crippen molar-refractivity contribution in [3.8, 4) is 0 Å². The average Bonchev–Trinajstić information content (AvgIpc) is 2.48. The number of hydrogen-bond acceptors (Lipinski definition) is 2. The fourth-order valence-corrected chi connectivity index (χ4v) is 2.26. The number of thiocarbonyl (C=S) groups is 1. The number of halogens is 2. The molecule has 2 aromatic rings. The summed E-state index contributed by atoms with van der Waals surface area (Å²) in [4.78, 5) is 12.3. The van der Waals surface area contributed by atoms with Crippen LogP contribution in [0.3, 0.4) is 0 Å². The number of hydrogen-bond donors (Lipinski definition) is 2. The minimum atomic E-state index is -0.657. The van der Waals surface area contributed by atoms with Crippen molar-refractivity contribution in [1.82, 2.24) is 5.32 Å². The van der Waals surface area contributed by atoms with Crippen LogP contribution in [0.1, 0.15) is 22.0 Å². The molecule has 0 fully saturated rings. The van der Waals surface area contributed by atoms with Crippen molar-refractivity contribution in [2.24, 2.45) is 5.73 Å². The highest BCUT2D eigenvalue weighted by atomic mass is 35.5. The van der Waals surface area contributed by atoms with Crippen LogP contribution in [0.25, 0.3) is 0 Å². The summed E-state index contributed by atoms with van der Waals surface area (Å²) in [7, 11) is 0. The Bertz CT molecular complexity index is 679. The number of carbonyl (C=O) groups is 1. The van der Waals surface area contributed by atoms with Gasteiger partial charge in [-0.15, -0.1) is 0 Å². The summed E-state index contributed by atoms with van der Waals surface area (Å²) in [5.41, 5.74) is 6.45. The molecule has 0 saturated heterocycles. The summed E-state index contributed by atoms with van der Waals surface area (Å²) >= 11 is 10.8. The standard InChI is InChI=1S/C15H12ClFN2OS/c16-12-10(7-4-8-11(12)17)15(20)19-13(14(18)21)9-5-2-1-3-6-9/h1-8,13H,(H2,18,21)(H,19,20). The first kappa shape index (κ1) is 15.4. The molecule has 3 N–H and O–H groups in total. The second-order valence-corrected chi connectivity index (χ2v) is 5.17. The van der Waals surface area contributed by atoms with Crippen molar-refractivity contribution in [2.45, 2.75) is 6.04 Å². The summed E-state index contributed by atoms with van der Waals surface area (Å²) in [6.07, 6.45) is 0. The molecule has 1 amide bonds. The van der Waals surface area contributed by atoms with Gasteiger partial charge in [0.25, 0.3) is 5.91 Å². The third kappa shape index (κ3) is 3.56. The highest BCUT2D eigenvalue weighted by molar-refractivity contribution is 7.80. The van der Waals surface area contributed by atoms with E-state index in [0.29, 0.717) is 0 Å². The lowest BCUT2D eigenvalue weighted by Crippen LogP contribution is -2.36. The molecule has 1 unspecified atom stereocenters. The molecule has 0 aromatic heterocycles. The van der Waals surface area contributed by atoms with E-state index in [-0.39, 0.29) is 15.6 Å². The summed E-state index contributed by atoms with van der Waals surface area (Å²) in [6, 6.07) is 12.4. The summed E-state index contributed by atoms with van der Waals surface area (Å²) in [5.74, 6) is -1.20. The van der Waals surface area contributed by atoms with Gasteiger partial charge in [-0.25, -0.2) is 4.39 Å². The molecule has 0 spiro atoms. The third-order valence-corrected chi connectivity index (χ3v) is 3.51. The van der Waals surface area contributed by atoms with Crippen LogP contribution >= 0.6 is 23.8 Å². The number of amides is 1. The molecule has 0 aliphatic carbocycles. The molecular formula is C15H12ClFN2OS. The minimum Gasteiger partial charge on any atom is -0.391 e. The smallest absolute Gasteiger partial charge is 0.253 e. The van der Waals surface area contributed by atoms with E-state index >= 15 is 0 Å². The van der Waals surface area contributed by atoms with E-state index < -0.39 is 17.8 Å². The van der Waals surface area contributed by atoms with Gasteiger partial charge in [-0.3, -0.25) is 4.79 Å². The molecule has 2 aromatic carbocycles. The fourth-order valence-electron chi connectivity index (χ4n) is 1.85. The fraction of sp³-hybridized carbons (Fsp3) is 0.0667. The number of nitrogens with two attached hydrogens (primary N) is 1. The van der Waals surface area contributed by atoms with Crippen molar-refractivity contribution < 1.29 is 9.18 Å². The van der Waals surface area contributed by atoms with Crippen LogP contribution in [0.5, 0.6) is 0 Å². The number of rotatable bonds is 4. The van der Waals surface area contributed by atoms with E-state index in [2.05, 4.69) is 5.32 Å². The van der Waals surface area contributed by atoms with Crippen LogP contribution in [-0.2, 0) is 0 Å². The molecule has 21 heavy (non-hydrogen) atoms. The first-order chi connectivity index (χ1) is 10.0. The molecule has 0 radical (unpaired) electrons. The van der Waals surface area contributed by atoms with Crippen LogP contribution in [0, 0.1) is 5.82 Å². The van der Waals surface area contributed by atoms with Gasteiger partial charge in [-0.2, -0.15) is 0 Å². The molecule has 0 saturated carbocycles. The number of nitrogens with one attached hydrogen (secondary N) is 1. The Labute approximate surface area is 131 Å². The predicted molar refractivity (Wildman–Crippen MR) is 84.8 cm³/mol. The topological polar surface area (TPSA) is 55.1 Å². The van der Waals surface area contributed by atoms with E-state index in [1.54, 1.807) is 12.1 Å².